The molecule has 0 aromatic carbocycles. The highest BCUT2D eigenvalue weighted by Gasteiger charge is 2.38. The van der Waals surface area contributed by atoms with Gasteiger partial charge in [0, 0.05) is 0 Å². The summed E-state index contributed by atoms with van der Waals surface area (Å²) in [5, 5.41) is 9.67. The lowest BCUT2D eigenvalue weighted by Gasteiger charge is -2.35. The summed E-state index contributed by atoms with van der Waals surface area (Å²) in [6.07, 6.45) is 4.85. The van der Waals surface area contributed by atoms with E-state index in [0.717, 1.165) is 24.2 Å². The van der Waals surface area contributed by atoms with Crippen LogP contribution >= 0.6 is 0 Å². The lowest BCUT2D eigenvalue weighted by molar-refractivity contribution is 0.106. The third-order valence-electron chi connectivity index (χ3n) is 5.43. The first-order chi connectivity index (χ1) is 8.76. The average molecular weight is 271 g/mol. The molecule has 1 saturated carbocycles. The Morgan fingerprint density at radius 3 is 2.05 bits per heavy atom. The molecule has 0 aliphatic heterocycles. The van der Waals surface area contributed by atoms with Crippen LogP contribution in [-0.4, -0.2) is 11.2 Å². The number of aliphatic hydroxyl groups excluding tert-OH is 1. The van der Waals surface area contributed by atoms with Gasteiger partial charge in [-0.1, -0.05) is 48.5 Å². The molecule has 5 unspecified atom stereocenters. The normalized spacial score (nSPS) is 37.3. The summed E-state index contributed by atoms with van der Waals surface area (Å²) in [7, 11) is 0. The van der Waals surface area contributed by atoms with Crippen molar-refractivity contribution in [3.63, 3.8) is 0 Å². The molecule has 0 aromatic heterocycles. The predicted octanol–water partition coefficient (Wildman–Crippen LogP) is 5.52. The summed E-state index contributed by atoms with van der Waals surface area (Å²) in [6.45, 7) is 17.9. The summed E-state index contributed by atoms with van der Waals surface area (Å²) in [4.78, 5) is 0. The van der Waals surface area contributed by atoms with Crippen LogP contribution in [-0.2, 0) is 0 Å². The van der Waals surface area contributed by atoms with Crippen molar-refractivity contribution in [3.05, 3.63) is 0 Å². The van der Waals surface area contributed by atoms with Crippen molar-refractivity contribution in [2.24, 2.45) is 29.1 Å². The fraction of sp³-hybridized carbons (Fsp3) is 1.00. The maximum absolute atomic E-state index is 9.67. The fourth-order valence-electron chi connectivity index (χ4n) is 3.70. The van der Waals surface area contributed by atoms with Gasteiger partial charge in [0.05, 0.1) is 6.10 Å². The van der Waals surface area contributed by atoms with Gasteiger partial charge in [-0.05, 0) is 61.7 Å². The van der Waals surface area contributed by atoms with Crippen LogP contribution in [0.1, 0.15) is 81.1 Å². The van der Waals surface area contributed by atoms with Crippen LogP contribution in [0.15, 0.2) is 0 Å². The highest BCUT2D eigenvalue weighted by Crippen LogP contribution is 2.47. The van der Waals surface area contributed by atoms with E-state index in [9.17, 15) is 5.11 Å². The molecule has 0 radical (unpaired) electrons. The van der Waals surface area contributed by atoms with Gasteiger partial charge in [0.25, 0.3) is 0 Å². The Bertz CT molecular complexity index is 234. The Morgan fingerprint density at radius 1 is 1.11 bits per heavy atom. The SMILES string of the molecule is CC.CC(O)CC1C(C)CCC(C)(C(C)C)CC1C. The first-order valence-electron chi connectivity index (χ1n) is 8.44. The van der Waals surface area contributed by atoms with Gasteiger partial charge >= 0.3 is 0 Å². The molecular formula is C18H38O. The standard InChI is InChI=1S/C16H32O.C2H6/c1-11(2)16(6)8-7-12(3)15(9-14(5)17)13(4)10-16;1-2/h11-15,17H,7-10H2,1-6H3;1-2H3. The third-order valence-corrected chi connectivity index (χ3v) is 5.43. The minimum Gasteiger partial charge on any atom is -0.393 e. The molecule has 5 atom stereocenters. The minimum absolute atomic E-state index is 0.145. The molecular weight excluding hydrogens is 232 g/mol. The Balaban J connectivity index is 0.00000154. The van der Waals surface area contributed by atoms with E-state index in [1.807, 2.05) is 20.8 Å². The van der Waals surface area contributed by atoms with Crippen LogP contribution in [0, 0.1) is 29.1 Å². The van der Waals surface area contributed by atoms with Gasteiger partial charge in [-0.2, -0.15) is 0 Å². The molecule has 116 valence electrons. The summed E-state index contributed by atoms with van der Waals surface area (Å²) in [5.74, 6) is 2.98. The molecule has 1 rings (SSSR count). The smallest absolute Gasteiger partial charge is 0.0515 e. The summed E-state index contributed by atoms with van der Waals surface area (Å²) >= 11 is 0. The average Bonchev–Trinajstić information content (AvgIpc) is 2.44. The van der Waals surface area contributed by atoms with Crippen molar-refractivity contribution >= 4 is 0 Å². The number of rotatable bonds is 3. The molecule has 0 saturated heterocycles. The van der Waals surface area contributed by atoms with Gasteiger partial charge in [0.15, 0.2) is 0 Å². The molecule has 19 heavy (non-hydrogen) atoms. The van der Waals surface area contributed by atoms with Crippen LogP contribution < -0.4 is 0 Å². The number of hydrogen-bond acceptors (Lipinski definition) is 1. The maximum Gasteiger partial charge on any atom is 0.0515 e. The summed E-state index contributed by atoms with van der Waals surface area (Å²) in [6, 6.07) is 0. The second-order valence-corrected chi connectivity index (χ2v) is 7.25. The van der Waals surface area contributed by atoms with Crippen LogP contribution in [0.3, 0.4) is 0 Å². The van der Waals surface area contributed by atoms with Gasteiger partial charge in [-0.3, -0.25) is 0 Å². The zero-order chi connectivity index (χ0) is 15.2. The second-order valence-electron chi connectivity index (χ2n) is 7.25. The quantitative estimate of drug-likeness (QED) is 0.670. The van der Waals surface area contributed by atoms with E-state index in [1.165, 1.54) is 19.3 Å². The zero-order valence-electron chi connectivity index (χ0n) is 14.7. The fourth-order valence-corrected chi connectivity index (χ4v) is 3.70. The van der Waals surface area contributed by atoms with Gasteiger partial charge in [0.1, 0.15) is 0 Å². The Hall–Kier alpha value is -0.0400. The minimum atomic E-state index is -0.145. The molecule has 1 fully saturated rings. The summed E-state index contributed by atoms with van der Waals surface area (Å²) in [5.41, 5.74) is 0.501. The van der Waals surface area contributed by atoms with Gasteiger partial charge < -0.3 is 5.11 Å². The van der Waals surface area contributed by atoms with Crippen molar-refractivity contribution in [2.75, 3.05) is 0 Å². The van der Waals surface area contributed by atoms with Crippen molar-refractivity contribution in [3.8, 4) is 0 Å². The molecule has 1 nitrogen and oxygen atoms in total. The van der Waals surface area contributed by atoms with Gasteiger partial charge in [-0.25, -0.2) is 0 Å². The molecule has 1 aliphatic rings. The Morgan fingerprint density at radius 2 is 1.63 bits per heavy atom. The first kappa shape index (κ1) is 19.0. The van der Waals surface area contributed by atoms with Crippen LogP contribution in [0.2, 0.25) is 0 Å². The van der Waals surface area contributed by atoms with Crippen molar-refractivity contribution in [1.29, 1.82) is 0 Å². The van der Waals surface area contributed by atoms with E-state index >= 15 is 0 Å². The Labute approximate surface area is 122 Å². The molecule has 0 heterocycles. The van der Waals surface area contributed by atoms with Crippen molar-refractivity contribution in [1.82, 2.24) is 0 Å². The van der Waals surface area contributed by atoms with Crippen molar-refractivity contribution < 1.29 is 5.11 Å². The van der Waals surface area contributed by atoms with E-state index in [-0.39, 0.29) is 6.10 Å². The number of hydrogen-bond donors (Lipinski definition) is 1. The van der Waals surface area contributed by atoms with E-state index < -0.39 is 0 Å². The highest BCUT2D eigenvalue weighted by molar-refractivity contribution is 4.88. The number of aliphatic hydroxyl groups is 1. The topological polar surface area (TPSA) is 20.2 Å². The van der Waals surface area contributed by atoms with Gasteiger partial charge in [0.2, 0.25) is 0 Å². The maximum atomic E-state index is 9.67. The lowest BCUT2D eigenvalue weighted by Crippen LogP contribution is -2.27. The third kappa shape index (κ3) is 5.45. The van der Waals surface area contributed by atoms with E-state index in [2.05, 4.69) is 34.6 Å². The predicted molar refractivity (Wildman–Crippen MR) is 86.3 cm³/mol. The van der Waals surface area contributed by atoms with E-state index in [0.29, 0.717) is 11.3 Å². The monoisotopic (exact) mass is 270 g/mol. The molecule has 0 bridgehead atoms. The molecule has 0 aromatic rings. The molecule has 1 heteroatoms. The van der Waals surface area contributed by atoms with E-state index in [1.54, 1.807) is 0 Å². The second kappa shape index (κ2) is 8.29. The van der Waals surface area contributed by atoms with Gasteiger partial charge in [-0.15, -0.1) is 0 Å². The Kier molecular flexibility index (Phi) is 8.27. The van der Waals surface area contributed by atoms with E-state index in [4.69, 9.17) is 0 Å². The molecule has 1 aliphatic carbocycles. The highest BCUT2D eigenvalue weighted by atomic mass is 16.3. The molecule has 0 amide bonds. The first-order valence-corrected chi connectivity index (χ1v) is 8.44. The van der Waals surface area contributed by atoms with Crippen LogP contribution in [0.4, 0.5) is 0 Å². The van der Waals surface area contributed by atoms with Crippen molar-refractivity contribution in [2.45, 2.75) is 87.2 Å². The lowest BCUT2D eigenvalue weighted by atomic mass is 9.70. The van der Waals surface area contributed by atoms with Crippen LogP contribution in [0.5, 0.6) is 0 Å². The molecule has 0 spiro atoms. The largest absolute Gasteiger partial charge is 0.393 e. The zero-order valence-corrected chi connectivity index (χ0v) is 14.7. The molecule has 1 N–H and O–H groups in total. The summed E-state index contributed by atoms with van der Waals surface area (Å²) < 4.78 is 0. The van der Waals surface area contributed by atoms with Crippen LogP contribution in [0.25, 0.3) is 0 Å².